The Balaban J connectivity index is 2.03. The van der Waals surface area contributed by atoms with Gasteiger partial charge in [-0.2, -0.15) is 0 Å². The Morgan fingerprint density at radius 1 is 1.44 bits per heavy atom. The van der Waals surface area contributed by atoms with Gasteiger partial charge in [0.1, 0.15) is 16.8 Å². The van der Waals surface area contributed by atoms with Crippen molar-refractivity contribution in [2.24, 2.45) is 7.05 Å². The average Bonchev–Trinajstić information content (AvgIpc) is 2.68. The van der Waals surface area contributed by atoms with E-state index in [4.69, 9.17) is 11.6 Å². The Morgan fingerprint density at radius 3 is 2.78 bits per heavy atom. The van der Waals surface area contributed by atoms with Crippen molar-refractivity contribution >= 4 is 11.6 Å². The van der Waals surface area contributed by atoms with Crippen LogP contribution in [0.4, 0.5) is 4.39 Å². The molecule has 1 aromatic carbocycles. The normalized spacial score (nSPS) is 12.7. The van der Waals surface area contributed by atoms with Crippen LogP contribution >= 0.6 is 11.6 Å². The maximum Gasteiger partial charge on any atom is 0.128 e. The van der Waals surface area contributed by atoms with E-state index >= 15 is 0 Å². The fourth-order valence-corrected chi connectivity index (χ4v) is 1.92. The van der Waals surface area contributed by atoms with Crippen molar-refractivity contribution in [3.8, 4) is 0 Å². The van der Waals surface area contributed by atoms with E-state index in [-0.39, 0.29) is 11.9 Å². The Labute approximate surface area is 111 Å². The zero-order valence-electron chi connectivity index (χ0n) is 10.3. The predicted octanol–water partition coefficient (Wildman–Crippen LogP) is 3.06. The molecule has 3 nitrogen and oxygen atoms in total. The number of nitrogens with zero attached hydrogens (tertiary/aromatic N) is 2. The lowest BCUT2D eigenvalue weighted by Gasteiger charge is -2.14. The molecule has 0 fully saturated rings. The second kappa shape index (κ2) is 5.50. The second-order valence-electron chi connectivity index (χ2n) is 4.18. The number of aromatic nitrogens is 2. The van der Waals surface area contributed by atoms with Crippen molar-refractivity contribution < 1.29 is 4.39 Å². The molecule has 0 aliphatic rings. The largest absolute Gasteiger partial charge is 0.321 e. The smallest absolute Gasteiger partial charge is 0.128 e. The van der Waals surface area contributed by atoms with E-state index in [1.54, 1.807) is 22.9 Å². The Morgan fingerprint density at radius 2 is 2.17 bits per heavy atom. The molecule has 96 valence electrons. The van der Waals surface area contributed by atoms with Gasteiger partial charge in [0, 0.05) is 18.7 Å². The quantitative estimate of drug-likeness (QED) is 0.923. The molecule has 0 saturated heterocycles. The standard InChI is InChI=1S/C13H15ClFN3/c1-9(10-5-3-4-6-11(10)15)16-8-13-17-7-12(14)18(13)2/h3-7,9,16H,8H2,1-2H3. The van der Waals surface area contributed by atoms with Crippen molar-refractivity contribution in [3.63, 3.8) is 0 Å². The molecule has 1 aromatic heterocycles. The van der Waals surface area contributed by atoms with Crippen LogP contribution < -0.4 is 5.32 Å². The van der Waals surface area contributed by atoms with Gasteiger partial charge in [-0.3, -0.25) is 0 Å². The predicted molar refractivity (Wildman–Crippen MR) is 69.9 cm³/mol. The first kappa shape index (κ1) is 13.1. The molecule has 2 aromatic rings. The maximum atomic E-state index is 13.6. The van der Waals surface area contributed by atoms with Crippen LogP contribution in [-0.4, -0.2) is 9.55 Å². The molecule has 1 N–H and O–H groups in total. The topological polar surface area (TPSA) is 29.9 Å². The number of benzene rings is 1. The molecule has 0 amide bonds. The number of hydrogen-bond donors (Lipinski definition) is 1. The van der Waals surface area contributed by atoms with Crippen LogP contribution in [0, 0.1) is 5.82 Å². The fourth-order valence-electron chi connectivity index (χ4n) is 1.77. The Kier molecular flexibility index (Phi) is 3.99. The van der Waals surface area contributed by atoms with Crippen LogP contribution in [0.15, 0.2) is 30.5 Å². The van der Waals surface area contributed by atoms with E-state index in [1.807, 2.05) is 20.0 Å². The number of halogens is 2. The van der Waals surface area contributed by atoms with Gasteiger partial charge in [-0.1, -0.05) is 29.8 Å². The lowest BCUT2D eigenvalue weighted by atomic mass is 10.1. The van der Waals surface area contributed by atoms with Crippen LogP contribution in [0.3, 0.4) is 0 Å². The summed E-state index contributed by atoms with van der Waals surface area (Å²) in [5.74, 6) is 0.624. The van der Waals surface area contributed by atoms with Crippen LogP contribution in [0.5, 0.6) is 0 Å². The summed E-state index contributed by atoms with van der Waals surface area (Å²) in [6, 6.07) is 6.67. The van der Waals surface area contributed by atoms with Crippen molar-refractivity contribution in [2.75, 3.05) is 0 Å². The highest BCUT2D eigenvalue weighted by Gasteiger charge is 2.11. The molecule has 1 atom stereocenters. The van der Waals surface area contributed by atoms with Gasteiger partial charge in [0.15, 0.2) is 0 Å². The monoisotopic (exact) mass is 267 g/mol. The molecule has 1 heterocycles. The van der Waals surface area contributed by atoms with E-state index < -0.39 is 0 Å². The van der Waals surface area contributed by atoms with Crippen molar-refractivity contribution in [2.45, 2.75) is 19.5 Å². The second-order valence-corrected chi connectivity index (χ2v) is 4.57. The molecule has 0 saturated carbocycles. The van der Waals surface area contributed by atoms with Crippen molar-refractivity contribution in [3.05, 3.63) is 52.8 Å². The minimum absolute atomic E-state index is 0.0818. The number of nitrogens with one attached hydrogen (secondary N) is 1. The van der Waals surface area contributed by atoms with Crippen molar-refractivity contribution in [1.29, 1.82) is 0 Å². The van der Waals surface area contributed by atoms with Gasteiger partial charge in [0.05, 0.1) is 12.7 Å². The van der Waals surface area contributed by atoms with Gasteiger partial charge in [-0.05, 0) is 13.0 Å². The average molecular weight is 268 g/mol. The van der Waals surface area contributed by atoms with Gasteiger partial charge in [0.25, 0.3) is 0 Å². The van der Waals surface area contributed by atoms with E-state index in [0.29, 0.717) is 17.3 Å². The minimum Gasteiger partial charge on any atom is -0.321 e. The molecule has 18 heavy (non-hydrogen) atoms. The summed E-state index contributed by atoms with van der Waals surface area (Å²) >= 11 is 5.90. The zero-order chi connectivity index (χ0) is 13.1. The van der Waals surface area contributed by atoms with Gasteiger partial charge in [-0.15, -0.1) is 0 Å². The summed E-state index contributed by atoms with van der Waals surface area (Å²) in [6.45, 7) is 2.46. The van der Waals surface area contributed by atoms with Crippen molar-refractivity contribution in [1.82, 2.24) is 14.9 Å². The van der Waals surface area contributed by atoms with Crippen LogP contribution in [0.1, 0.15) is 24.4 Å². The first-order chi connectivity index (χ1) is 8.59. The molecule has 0 aliphatic carbocycles. The van der Waals surface area contributed by atoms with Gasteiger partial charge >= 0.3 is 0 Å². The third-order valence-electron chi connectivity index (χ3n) is 2.97. The van der Waals surface area contributed by atoms with Crippen LogP contribution in [0.25, 0.3) is 0 Å². The molecule has 0 bridgehead atoms. The Hall–Kier alpha value is -1.39. The van der Waals surface area contributed by atoms with Crippen LogP contribution in [0.2, 0.25) is 5.15 Å². The molecule has 0 aliphatic heterocycles. The minimum atomic E-state index is -0.199. The fraction of sp³-hybridized carbons (Fsp3) is 0.308. The van der Waals surface area contributed by atoms with E-state index in [9.17, 15) is 4.39 Å². The summed E-state index contributed by atoms with van der Waals surface area (Å²) in [7, 11) is 1.85. The lowest BCUT2D eigenvalue weighted by Crippen LogP contribution is -2.21. The van der Waals surface area contributed by atoms with Gasteiger partial charge < -0.3 is 9.88 Å². The molecule has 0 spiro atoms. The van der Waals surface area contributed by atoms with Crippen LogP contribution in [-0.2, 0) is 13.6 Å². The molecule has 0 radical (unpaired) electrons. The highest BCUT2D eigenvalue weighted by atomic mass is 35.5. The first-order valence-electron chi connectivity index (χ1n) is 5.73. The Bertz CT molecular complexity index is 539. The first-order valence-corrected chi connectivity index (χ1v) is 6.11. The number of imidazole rings is 1. The highest BCUT2D eigenvalue weighted by molar-refractivity contribution is 6.29. The summed E-state index contributed by atoms with van der Waals surface area (Å²) in [4.78, 5) is 4.18. The third-order valence-corrected chi connectivity index (χ3v) is 3.32. The summed E-state index contributed by atoms with van der Waals surface area (Å²) < 4.78 is 15.4. The van der Waals surface area contributed by atoms with E-state index in [1.165, 1.54) is 6.07 Å². The lowest BCUT2D eigenvalue weighted by molar-refractivity contribution is 0.515. The molecule has 2 rings (SSSR count). The molecule has 1 unspecified atom stereocenters. The zero-order valence-corrected chi connectivity index (χ0v) is 11.1. The van der Waals surface area contributed by atoms with E-state index in [0.717, 1.165) is 5.82 Å². The van der Waals surface area contributed by atoms with E-state index in [2.05, 4.69) is 10.3 Å². The summed E-state index contributed by atoms with van der Waals surface area (Å²) in [6.07, 6.45) is 1.60. The van der Waals surface area contributed by atoms with Gasteiger partial charge in [0.2, 0.25) is 0 Å². The summed E-state index contributed by atoms with van der Waals surface area (Å²) in [5.41, 5.74) is 0.651. The highest BCUT2D eigenvalue weighted by Crippen LogP contribution is 2.17. The molecular weight excluding hydrogens is 253 g/mol. The molecular formula is C13H15ClFN3. The molecule has 5 heteroatoms. The maximum absolute atomic E-state index is 13.6. The van der Waals surface area contributed by atoms with Gasteiger partial charge in [-0.25, -0.2) is 9.37 Å². The SMILES string of the molecule is CC(NCc1ncc(Cl)n1C)c1ccccc1F. The number of rotatable bonds is 4. The third kappa shape index (κ3) is 2.71. The summed E-state index contributed by atoms with van der Waals surface area (Å²) in [5, 5.41) is 3.82. The number of hydrogen-bond acceptors (Lipinski definition) is 2.